The van der Waals surface area contributed by atoms with Gasteiger partial charge in [-0.2, -0.15) is 0 Å². The summed E-state index contributed by atoms with van der Waals surface area (Å²) >= 11 is 0. The number of para-hydroxylation sites is 2. The first-order valence-corrected chi connectivity index (χ1v) is 8.97. The van der Waals surface area contributed by atoms with E-state index < -0.39 is 11.6 Å². The maximum Gasteiger partial charge on any atom is 0.249 e. The van der Waals surface area contributed by atoms with Crippen molar-refractivity contribution in [2.45, 2.75) is 50.6 Å². The standard InChI is InChI=1S/C19H27N3O3/c1-19(20)11-6-5-7-13(19)17(23)21-14-10-12-22(18(14)24)15-8-3-4-9-16(15)25-2/h3-4,8-9,13-14H,5-7,10-12,20H2,1-2H3,(H,21,23). The zero-order valence-electron chi connectivity index (χ0n) is 15.0. The molecule has 1 aliphatic heterocycles. The van der Waals surface area contributed by atoms with Crippen LogP contribution in [0.5, 0.6) is 5.75 Å². The largest absolute Gasteiger partial charge is 0.495 e. The van der Waals surface area contributed by atoms with Crippen molar-refractivity contribution in [2.24, 2.45) is 11.7 Å². The van der Waals surface area contributed by atoms with Gasteiger partial charge in [0.15, 0.2) is 0 Å². The lowest BCUT2D eigenvalue weighted by Gasteiger charge is -2.37. The SMILES string of the molecule is COc1ccccc1N1CCC(NC(=O)C2CCCCC2(C)N)C1=O. The molecule has 3 atom stereocenters. The van der Waals surface area contributed by atoms with Crippen LogP contribution in [0.25, 0.3) is 0 Å². The summed E-state index contributed by atoms with van der Waals surface area (Å²) in [6.07, 6.45) is 4.29. The van der Waals surface area contributed by atoms with E-state index in [1.165, 1.54) is 0 Å². The van der Waals surface area contributed by atoms with Gasteiger partial charge in [0.1, 0.15) is 11.8 Å². The average molecular weight is 345 g/mol. The summed E-state index contributed by atoms with van der Waals surface area (Å²) < 4.78 is 5.35. The van der Waals surface area contributed by atoms with E-state index in [0.717, 1.165) is 31.4 Å². The first-order chi connectivity index (χ1) is 11.9. The molecule has 136 valence electrons. The topological polar surface area (TPSA) is 84.7 Å². The van der Waals surface area contributed by atoms with Crippen LogP contribution in [0.4, 0.5) is 5.69 Å². The van der Waals surface area contributed by atoms with Gasteiger partial charge in [-0.1, -0.05) is 25.0 Å². The third-order valence-electron chi connectivity index (χ3n) is 5.47. The predicted molar refractivity (Wildman–Crippen MR) is 96.4 cm³/mol. The molecule has 3 rings (SSSR count). The maximum atomic E-state index is 12.8. The first kappa shape index (κ1) is 17.7. The molecule has 1 heterocycles. The van der Waals surface area contributed by atoms with Crippen molar-refractivity contribution in [3.05, 3.63) is 24.3 Å². The molecule has 6 heteroatoms. The number of nitrogens with zero attached hydrogens (tertiary/aromatic N) is 1. The number of nitrogens with two attached hydrogens (primary N) is 1. The molecule has 1 aliphatic carbocycles. The third kappa shape index (κ3) is 3.49. The number of nitrogens with one attached hydrogen (secondary N) is 1. The number of methoxy groups -OCH3 is 1. The van der Waals surface area contributed by atoms with Gasteiger partial charge in [-0.15, -0.1) is 0 Å². The molecule has 3 unspecified atom stereocenters. The summed E-state index contributed by atoms with van der Waals surface area (Å²) in [5.41, 5.74) is 6.57. The van der Waals surface area contributed by atoms with Crippen molar-refractivity contribution in [3.8, 4) is 5.75 Å². The Bertz CT molecular complexity index is 659. The molecule has 2 amide bonds. The molecule has 1 saturated heterocycles. The van der Waals surface area contributed by atoms with Crippen molar-refractivity contribution < 1.29 is 14.3 Å². The van der Waals surface area contributed by atoms with Crippen LogP contribution in [-0.2, 0) is 9.59 Å². The second-order valence-electron chi connectivity index (χ2n) is 7.32. The van der Waals surface area contributed by atoms with Crippen molar-refractivity contribution in [3.63, 3.8) is 0 Å². The molecule has 2 aliphatic rings. The van der Waals surface area contributed by atoms with Crippen LogP contribution < -0.4 is 20.7 Å². The highest BCUT2D eigenvalue weighted by Crippen LogP contribution is 2.33. The molecular weight excluding hydrogens is 318 g/mol. The fraction of sp³-hybridized carbons (Fsp3) is 0.579. The average Bonchev–Trinajstić information content (AvgIpc) is 2.95. The second kappa shape index (κ2) is 7.04. The minimum atomic E-state index is -0.494. The van der Waals surface area contributed by atoms with E-state index in [1.54, 1.807) is 12.0 Å². The van der Waals surface area contributed by atoms with Crippen LogP contribution in [0.3, 0.4) is 0 Å². The highest BCUT2D eigenvalue weighted by molar-refractivity contribution is 6.02. The van der Waals surface area contributed by atoms with Gasteiger partial charge >= 0.3 is 0 Å². The Morgan fingerprint density at radius 2 is 2.08 bits per heavy atom. The summed E-state index contributed by atoms with van der Waals surface area (Å²) in [4.78, 5) is 27.2. The lowest BCUT2D eigenvalue weighted by Crippen LogP contribution is -2.55. The van der Waals surface area contributed by atoms with E-state index in [0.29, 0.717) is 18.7 Å². The molecule has 1 saturated carbocycles. The van der Waals surface area contributed by atoms with E-state index in [4.69, 9.17) is 10.5 Å². The van der Waals surface area contributed by atoms with Crippen LogP contribution in [0.1, 0.15) is 39.0 Å². The van der Waals surface area contributed by atoms with Crippen molar-refractivity contribution in [1.82, 2.24) is 5.32 Å². The molecule has 0 spiro atoms. The Hall–Kier alpha value is -2.08. The molecule has 6 nitrogen and oxygen atoms in total. The predicted octanol–water partition coefficient (Wildman–Crippen LogP) is 1.82. The number of anilines is 1. The van der Waals surface area contributed by atoms with Gasteiger partial charge in [0, 0.05) is 12.1 Å². The molecule has 0 aromatic heterocycles. The molecular formula is C19H27N3O3. The number of amides is 2. The fourth-order valence-corrected chi connectivity index (χ4v) is 3.97. The Kier molecular flexibility index (Phi) is 4.99. The van der Waals surface area contributed by atoms with Gasteiger partial charge in [-0.05, 0) is 38.3 Å². The summed E-state index contributed by atoms with van der Waals surface area (Å²) in [6.45, 7) is 2.50. The number of rotatable bonds is 4. The minimum Gasteiger partial charge on any atom is -0.495 e. The summed E-state index contributed by atoms with van der Waals surface area (Å²) in [7, 11) is 1.59. The van der Waals surface area contributed by atoms with Crippen LogP contribution in [0.2, 0.25) is 0 Å². The number of ether oxygens (including phenoxy) is 1. The zero-order chi connectivity index (χ0) is 18.0. The van der Waals surface area contributed by atoms with Crippen molar-refractivity contribution in [2.75, 3.05) is 18.6 Å². The van der Waals surface area contributed by atoms with Gasteiger partial charge in [-0.3, -0.25) is 9.59 Å². The van der Waals surface area contributed by atoms with Gasteiger partial charge in [0.25, 0.3) is 0 Å². The minimum absolute atomic E-state index is 0.0904. The van der Waals surface area contributed by atoms with Crippen molar-refractivity contribution >= 4 is 17.5 Å². The molecule has 0 radical (unpaired) electrons. The lowest BCUT2D eigenvalue weighted by molar-refractivity contribution is -0.131. The smallest absolute Gasteiger partial charge is 0.249 e. The number of benzene rings is 1. The van der Waals surface area contributed by atoms with Crippen LogP contribution in [-0.4, -0.2) is 37.0 Å². The monoisotopic (exact) mass is 345 g/mol. The van der Waals surface area contributed by atoms with Crippen LogP contribution in [0.15, 0.2) is 24.3 Å². The Morgan fingerprint density at radius 1 is 1.32 bits per heavy atom. The number of carbonyl (C=O) groups excluding carboxylic acids is 2. The quantitative estimate of drug-likeness (QED) is 0.872. The maximum absolute atomic E-state index is 12.8. The Morgan fingerprint density at radius 3 is 2.80 bits per heavy atom. The second-order valence-corrected chi connectivity index (χ2v) is 7.32. The van der Waals surface area contributed by atoms with E-state index in [2.05, 4.69) is 5.32 Å². The fourth-order valence-electron chi connectivity index (χ4n) is 3.97. The number of hydrogen-bond acceptors (Lipinski definition) is 4. The summed E-state index contributed by atoms with van der Waals surface area (Å²) in [6, 6.07) is 6.94. The van der Waals surface area contributed by atoms with E-state index in [-0.39, 0.29) is 17.7 Å². The first-order valence-electron chi connectivity index (χ1n) is 8.97. The van der Waals surface area contributed by atoms with Crippen LogP contribution in [0, 0.1) is 5.92 Å². The highest BCUT2D eigenvalue weighted by Gasteiger charge is 2.41. The highest BCUT2D eigenvalue weighted by atomic mass is 16.5. The summed E-state index contributed by atoms with van der Waals surface area (Å²) in [5.74, 6) is 0.247. The van der Waals surface area contributed by atoms with Crippen LogP contribution >= 0.6 is 0 Å². The Balaban J connectivity index is 1.69. The lowest BCUT2D eigenvalue weighted by atomic mass is 9.74. The summed E-state index contributed by atoms with van der Waals surface area (Å²) in [5, 5.41) is 2.94. The van der Waals surface area contributed by atoms with E-state index in [9.17, 15) is 9.59 Å². The number of hydrogen-bond donors (Lipinski definition) is 2. The zero-order valence-corrected chi connectivity index (χ0v) is 15.0. The van der Waals surface area contributed by atoms with Gasteiger partial charge in [-0.25, -0.2) is 0 Å². The van der Waals surface area contributed by atoms with Crippen molar-refractivity contribution in [1.29, 1.82) is 0 Å². The Labute approximate surface area is 148 Å². The molecule has 1 aromatic rings. The number of carbonyl (C=O) groups is 2. The van der Waals surface area contributed by atoms with E-state index >= 15 is 0 Å². The molecule has 3 N–H and O–H groups in total. The van der Waals surface area contributed by atoms with E-state index in [1.807, 2.05) is 31.2 Å². The molecule has 0 bridgehead atoms. The molecule has 25 heavy (non-hydrogen) atoms. The molecule has 2 fully saturated rings. The molecule has 1 aromatic carbocycles. The van der Waals surface area contributed by atoms with Gasteiger partial charge in [0.05, 0.1) is 18.7 Å². The van der Waals surface area contributed by atoms with Gasteiger partial charge < -0.3 is 20.7 Å². The normalized spacial score (nSPS) is 29.6. The third-order valence-corrected chi connectivity index (χ3v) is 5.47. The van der Waals surface area contributed by atoms with Gasteiger partial charge in [0.2, 0.25) is 11.8 Å².